The van der Waals surface area contributed by atoms with Crippen LogP contribution in [0.5, 0.6) is 11.5 Å². The summed E-state index contributed by atoms with van der Waals surface area (Å²) >= 11 is 0. The Labute approximate surface area is 161 Å². The van der Waals surface area contributed by atoms with Crippen molar-refractivity contribution in [1.29, 1.82) is 0 Å². The maximum Gasteiger partial charge on any atom is 0.287 e. The number of nitrogens with one attached hydrogen (secondary N) is 2. The first-order chi connectivity index (χ1) is 13.5. The van der Waals surface area contributed by atoms with Crippen molar-refractivity contribution in [3.63, 3.8) is 0 Å². The molecule has 1 aliphatic rings. The lowest BCUT2D eigenvalue weighted by molar-refractivity contribution is 0.0938. The van der Waals surface area contributed by atoms with Gasteiger partial charge in [-0.25, -0.2) is 4.98 Å². The van der Waals surface area contributed by atoms with E-state index in [4.69, 9.17) is 9.47 Å². The molecule has 0 fully saturated rings. The maximum absolute atomic E-state index is 12.8. The number of hydrogen-bond acceptors (Lipinski definition) is 5. The Morgan fingerprint density at radius 1 is 1.14 bits per heavy atom. The second kappa shape index (κ2) is 7.22. The van der Waals surface area contributed by atoms with Crippen LogP contribution in [0.1, 0.15) is 35.0 Å². The average Bonchev–Trinajstić information content (AvgIpc) is 3.30. The number of nitrogens with zero attached hydrogens (tertiary/aromatic N) is 2. The molecule has 8 nitrogen and oxygen atoms in total. The summed E-state index contributed by atoms with van der Waals surface area (Å²) in [4.78, 5) is 29.7. The minimum absolute atomic E-state index is 0.160. The highest BCUT2D eigenvalue weighted by Crippen LogP contribution is 2.34. The maximum atomic E-state index is 12.8. The van der Waals surface area contributed by atoms with Crippen LogP contribution in [0.15, 0.2) is 42.6 Å². The zero-order valence-corrected chi connectivity index (χ0v) is 15.6. The molecule has 0 saturated heterocycles. The van der Waals surface area contributed by atoms with E-state index in [0.717, 1.165) is 0 Å². The predicted molar refractivity (Wildman–Crippen MR) is 103 cm³/mol. The van der Waals surface area contributed by atoms with Crippen LogP contribution in [0, 0.1) is 5.92 Å². The Morgan fingerprint density at radius 2 is 1.96 bits per heavy atom. The number of anilines is 1. The van der Waals surface area contributed by atoms with Crippen LogP contribution in [0.25, 0.3) is 5.52 Å². The smallest absolute Gasteiger partial charge is 0.287 e. The van der Waals surface area contributed by atoms with Gasteiger partial charge in [-0.15, -0.1) is 0 Å². The number of pyridine rings is 1. The second-order valence-corrected chi connectivity index (χ2v) is 6.87. The van der Waals surface area contributed by atoms with Crippen LogP contribution in [-0.2, 0) is 0 Å². The Hall–Kier alpha value is -3.55. The highest BCUT2D eigenvalue weighted by atomic mass is 16.7. The van der Waals surface area contributed by atoms with Gasteiger partial charge in [-0.3, -0.25) is 14.0 Å². The molecule has 0 aliphatic carbocycles. The van der Waals surface area contributed by atoms with E-state index in [9.17, 15) is 9.59 Å². The molecule has 4 rings (SSSR count). The molecule has 2 aromatic heterocycles. The lowest BCUT2D eigenvalue weighted by Crippen LogP contribution is -2.29. The van der Waals surface area contributed by atoms with E-state index in [-0.39, 0.29) is 24.2 Å². The van der Waals surface area contributed by atoms with E-state index in [1.165, 1.54) is 0 Å². The van der Waals surface area contributed by atoms with Crippen molar-refractivity contribution >= 4 is 23.0 Å². The molecule has 2 N–H and O–H groups in total. The first kappa shape index (κ1) is 17.8. The number of amides is 2. The lowest BCUT2D eigenvalue weighted by Gasteiger charge is -2.06. The first-order valence-electron chi connectivity index (χ1n) is 8.99. The monoisotopic (exact) mass is 380 g/mol. The molecule has 0 bridgehead atoms. The normalized spacial score (nSPS) is 12.4. The van der Waals surface area contributed by atoms with Crippen molar-refractivity contribution in [1.82, 2.24) is 14.7 Å². The van der Waals surface area contributed by atoms with Crippen molar-refractivity contribution in [3.05, 3.63) is 54.1 Å². The number of ether oxygens (including phenoxy) is 2. The summed E-state index contributed by atoms with van der Waals surface area (Å²) in [6, 6.07) is 10.5. The van der Waals surface area contributed by atoms with Gasteiger partial charge in [-0.05, 0) is 30.2 Å². The molecule has 0 atom stereocenters. The molecule has 0 radical (unpaired) electrons. The molecule has 1 aliphatic heterocycles. The third-order valence-corrected chi connectivity index (χ3v) is 4.27. The predicted octanol–water partition coefficient (Wildman–Crippen LogP) is 2.70. The summed E-state index contributed by atoms with van der Waals surface area (Å²) < 4.78 is 12.2. The molecule has 3 aromatic rings. The molecular formula is C20H20N4O4. The van der Waals surface area contributed by atoms with Crippen molar-refractivity contribution < 1.29 is 19.1 Å². The van der Waals surface area contributed by atoms with Crippen LogP contribution < -0.4 is 20.1 Å². The van der Waals surface area contributed by atoms with Crippen LogP contribution in [0.2, 0.25) is 0 Å². The highest BCUT2D eigenvalue weighted by molar-refractivity contribution is 6.09. The van der Waals surface area contributed by atoms with Gasteiger partial charge in [0.25, 0.3) is 11.8 Å². The van der Waals surface area contributed by atoms with E-state index in [0.29, 0.717) is 35.2 Å². The summed E-state index contributed by atoms with van der Waals surface area (Å²) in [5.41, 5.74) is 1.28. The Bertz CT molecular complexity index is 1060. The van der Waals surface area contributed by atoms with Gasteiger partial charge in [-0.1, -0.05) is 19.9 Å². The topological polar surface area (TPSA) is 94.0 Å². The first-order valence-corrected chi connectivity index (χ1v) is 8.99. The Morgan fingerprint density at radius 3 is 2.79 bits per heavy atom. The lowest BCUT2D eigenvalue weighted by atomic mass is 10.2. The number of benzene rings is 1. The summed E-state index contributed by atoms with van der Waals surface area (Å²) in [6.07, 6.45) is 1.71. The number of fused-ring (bicyclic) bond motifs is 2. The van der Waals surface area contributed by atoms with Crippen LogP contribution in [0.3, 0.4) is 0 Å². The largest absolute Gasteiger partial charge is 0.454 e. The molecule has 1 aromatic carbocycles. The summed E-state index contributed by atoms with van der Waals surface area (Å²) in [5, 5.41) is 5.64. The number of imidazole rings is 1. The number of hydrogen-bond donors (Lipinski definition) is 2. The van der Waals surface area contributed by atoms with Crippen molar-refractivity contribution in [3.8, 4) is 11.5 Å². The van der Waals surface area contributed by atoms with Gasteiger partial charge in [0.15, 0.2) is 17.2 Å². The van der Waals surface area contributed by atoms with Crippen molar-refractivity contribution in [2.75, 3.05) is 18.7 Å². The fourth-order valence-electron chi connectivity index (χ4n) is 2.91. The van der Waals surface area contributed by atoms with Crippen molar-refractivity contribution in [2.24, 2.45) is 5.92 Å². The minimum atomic E-state index is -0.412. The summed E-state index contributed by atoms with van der Waals surface area (Å²) in [7, 11) is 0. The van der Waals surface area contributed by atoms with Gasteiger partial charge in [0, 0.05) is 24.5 Å². The van der Waals surface area contributed by atoms with E-state index in [1.807, 2.05) is 13.8 Å². The van der Waals surface area contributed by atoms with E-state index < -0.39 is 5.91 Å². The average molecular weight is 380 g/mol. The van der Waals surface area contributed by atoms with Gasteiger partial charge in [-0.2, -0.15) is 0 Å². The van der Waals surface area contributed by atoms with E-state index in [1.54, 1.807) is 47.0 Å². The number of rotatable bonds is 5. The third-order valence-electron chi connectivity index (χ3n) is 4.27. The van der Waals surface area contributed by atoms with E-state index >= 15 is 0 Å². The van der Waals surface area contributed by atoms with Crippen molar-refractivity contribution in [2.45, 2.75) is 13.8 Å². The summed E-state index contributed by atoms with van der Waals surface area (Å²) in [6.45, 7) is 4.70. The zero-order valence-electron chi connectivity index (χ0n) is 15.6. The zero-order chi connectivity index (χ0) is 19.7. The van der Waals surface area contributed by atoms with Crippen LogP contribution in [-0.4, -0.2) is 34.5 Å². The summed E-state index contributed by atoms with van der Waals surface area (Å²) in [5.74, 6) is 0.953. The van der Waals surface area contributed by atoms with Crippen LogP contribution in [0.4, 0.5) is 5.69 Å². The SMILES string of the molecule is CC(C)CNC(=O)c1nc(C(=O)Nc2ccc3c(c2)OCO3)c2ccccn12. The quantitative estimate of drug-likeness (QED) is 0.710. The fraction of sp³-hybridized carbons (Fsp3) is 0.250. The highest BCUT2D eigenvalue weighted by Gasteiger charge is 2.22. The Kier molecular flexibility index (Phi) is 4.60. The van der Waals surface area contributed by atoms with Gasteiger partial charge in [0.1, 0.15) is 0 Å². The molecule has 0 spiro atoms. The van der Waals surface area contributed by atoms with Crippen LogP contribution >= 0.6 is 0 Å². The molecule has 2 amide bonds. The van der Waals surface area contributed by atoms with Gasteiger partial charge >= 0.3 is 0 Å². The van der Waals surface area contributed by atoms with E-state index in [2.05, 4.69) is 15.6 Å². The molecule has 0 saturated carbocycles. The molecule has 0 unspecified atom stereocenters. The fourth-order valence-corrected chi connectivity index (χ4v) is 2.91. The Balaban J connectivity index is 1.63. The molecule has 8 heteroatoms. The number of carbonyl (C=O) groups excluding carboxylic acids is 2. The molecule has 3 heterocycles. The van der Waals surface area contributed by atoms with Gasteiger partial charge < -0.3 is 20.1 Å². The second-order valence-electron chi connectivity index (χ2n) is 6.87. The third kappa shape index (κ3) is 3.36. The molecule has 144 valence electrons. The standard InChI is InChI=1S/C20H20N4O4/c1-12(2)10-21-20(26)18-23-17(14-5-3-4-8-24(14)18)19(25)22-13-6-7-15-16(9-13)28-11-27-15/h3-9,12H,10-11H2,1-2H3,(H,21,26)(H,22,25). The van der Waals surface area contributed by atoms with Gasteiger partial charge in [0.05, 0.1) is 5.52 Å². The molecular weight excluding hydrogens is 360 g/mol. The van der Waals surface area contributed by atoms with Gasteiger partial charge in [0.2, 0.25) is 12.6 Å². The number of carbonyl (C=O) groups is 2. The minimum Gasteiger partial charge on any atom is -0.454 e. The molecule has 28 heavy (non-hydrogen) atoms. The number of aromatic nitrogens is 2.